The number of methoxy groups -OCH3 is 1. The molecule has 5 unspecified atom stereocenters. The maximum atomic E-state index is 11.7. The van der Waals surface area contributed by atoms with E-state index in [1.807, 2.05) is 6.07 Å². The van der Waals surface area contributed by atoms with Gasteiger partial charge in [-0.05, 0) is 99.4 Å². The van der Waals surface area contributed by atoms with Gasteiger partial charge in [-0.15, -0.1) is 0 Å². The van der Waals surface area contributed by atoms with Gasteiger partial charge in [-0.1, -0.05) is 36.4 Å². The highest BCUT2D eigenvalue weighted by Gasteiger charge is 2.72. The van der Waals surface area contributed by atoms with E-state index in [1.54, 1.807) is 7.11 Å². The van der Waals surface area contributed by atoms with Crippen LogP contribution in [0.25, 0.3) is 0 Å². The Morgan fingerprint density at radius 1 is 1.03 bits per heavy atom. The Kier molecular flexibility index (Phi) is 5.06. The lowest BCUT2D eigenvalue weighted by Gasteiger charge is -2.67. The third-order valence-electron chi connectivity index (χ3n) is 11.0. The summed E-state index contributed by atoms with van der Waals surface area (Å²) in [5.41, 5.74) is 4.43. The minimum absolute atomic E-state index is 0.0673. The average molecular weight is 473 g/mol. The van der Waals surface area contributed by atoms with E-state index in [1.165, 1.54) is 74.7 Å². The van der Waals surface area contributed by atoms with Gasteiger partial charge in [0.2, 0.25) is 0 Å². The molecule has 4 aliphatic carbocycles. The molecule has 4 heteroatoms. The number of phenols is 1. The number of likely N-dealkylation sites (tertiary alicyclic amines) is 1. The Labute approximate surface area is 210 Å². The van der Waals surface area contributed by atoms with Crippen molar-refractivity contribution in [2.45, 2.75) is 75.4 Å². The Hall–Kier alpha value is -2.04. The van der Waals surface area contributed by atoms with E-state index >= 15 is 0 Å². The van der Waals surface area contributed by atoms with Gasteiger partial charge in [-0.2, -0.15) is 0 Å². The molecule has 0 spiro atoms. The fraction of sp³-hybridized carbons (Fsp3) is 0.613. The molecule has 0 amide bonds. The lowest BCUT2D eigenvalue weighted by Crippen LogP contribution is -2.70. The molecule has 4 nitrogen and oxygen atoms in total. The van der Waals surface area contributed by atoms with Crippen molar-refractivity contribution in [1.29, 1.82) is 0 Å². The van der Waals surface area contributed by atoms with Crippen LogP contribution < -0.4 is 4.74 Å². The summed E-state index contributed by atoms with van der Waals surface area (Å²) < 4.78 is 5.68. The standard InChI is InChI=1S/C31H40N2O2/c1-32(19-21-6-4-3-5-7-21)25-13-15-30-14-12-24(25)31(30)16-17-33(20-22-8-9-22)27(30)18-23-10-11-26(35-2)29(34)28(23)31/h3-7,10-11,22,24-25,27,34H,8-9,12-20H2,1-2H3. The van der Waals surface area contributed by atoms with Crippen LogP contribution in [0.5, 0.6) is 11.5 Å². The van der Waals surface area contributed by atoms with Crippen molar-refractivity contribution in [1.82, 2.24) is 9.80 Å². The maximum Gasteiger partial charge on any atom is 0.161 e. The molecule has 4 bridgehead atoms. The van der Waals surface area contributed by atoms with Crippen LogP contribution in [-0.2, 0) is 18.4 Å². The van der Waals surface area contributed by atoms with Crippen LogP contribution in [0.15, 0.2) is 42.5 Å². The first-order valence-corrected chi connectivity index (χ1v) is 13.9. The van der Waals surface area contributed by atoms with E-state index in [-0.39, 0.29) is 5.41 Å². The first kappa shape index (κ1) is 22.2. The molecule has 2 aromatic carbocycles. The predicted molar refractivity (Wildman–Crippen MR) is 139 cm³/mol. The van der Waals surface area contributed by atoms with Gasteiger partial charge in [0.1, 0.15) is 0 Å². The molecule has 5 atom stereocenters. The molecule has 1 N–H and O–H groups in total. The zero-order valence-corrected chi connectivity index (χ0v) is 21.4. The van der Waals surface area contributed by atoms with Gasteiger partial charge in [-0.3, -0.25) is 9.80 Å². The molecule has 0 aromatic heterocycles. The van der Waals surface area contributed by atoms with E-state index in [0.717, 1.165) is 18.9 Å². The van der Waals surface area contributed by atoms with Crippen LogP contribution in [0.1, 0.15) is 61.6 Å². The van der Waals surface area contributed by atoms with Gasteiger partial charge in [0.15, 0.2) is 11.5 Å². The summed E-state index contributed by atoms with van der Waals surface area (Å²) in [6, 6.07) is 16.4. The Balaban J connectivity index is 1.33. The number of fused-ring (bicyclic) bond motifs is 1. The normalized spacial score (nSPS) is 35.6. The Morgan fingerprint density at radius 2 is 1.83 bits per heavy atom. The maximum absolute atomic E-state index is 11.7. The van der Waals surface area contributed by atoms with E-state index in [0.29, 0.717) is 34.9 Å². The quantitative estimate of drug-likeness (QED) is 0.613. The second-order valence-corrected chi connectivity index (χ2v) is 12.3. The van der Waals surface area contributed by atoms with Crippen molar-refractivity contribution in [3.63, 3.8) is 0 Å². The smallest absolute Gasteiger partial charge is 0.161 e. The van der Waals surface area contributed by atoms with E-state index in [2.05, 4.69) is 53.2 Å². The van der Waals surface area contributed by atoms with Crippen LogP contribution in [-0.4, -0.2) is 54.2 Å². The minimum atomic E-state index is 0.0673. The van der Waals surface area contributed by atoms with E-state index < -0.39 is 0 Å². The van der Waals surface area contributed by atoms with Crippen molar-refractivity contribution in [2.75, 3.05) is 27.2 Å². The molecule has 7 rings (SSSR count). The van der Waals surface area contributed by atoms with Gasteiger partial charge in [0.05, 0.1) is 7.11 Å². The summed E-state index contributed by atoms with van der Waals surface area (Å²) in [4.78, 5) is 5.54. The Morgan fingerprint density at radius 3 is 2.60 bits per heavy atom. The highest BCUT2D eigenvalue weighted by atomic mass is 16.5. The molecule has 2 aromatic rings. The molecular weight excluding hydrogens is 432 g/mol. The third kappa shape index (κ3) is 3.05. The zero-order valence-electron chi connectivity index (χ0n) is 21.4. The van der Waals surface area contributed by atoms with Gasteiger partial charge in [0, 0.05) is 36.2 Å². The SMILES string of the molecule is COc1ccc2c(c1O)C13CCN(CC4CC4)C(C2)C12CCC(N(C)Cc1ccccc1)C3CC2. The van der Waals surface area contributed by atoms with Crippen molar-refractivity contribution in [2.24, 2.45) is 17.3 Å². The molecule has 5 aliphatic rings. The van der Waals surface area contributed by atoms with Gasteiger partial charge < -0.3 is 9.84 Å². The second-order valence-electron chi connectivity index (χ2n) is 12.3. The summed E-state index contributed by atoms with van der Waals surface area (Å²) in [6.45, 7) is 3.48. The third-order valence-corrected chi connectivity index (χ3v) is 11.0. The van der Waals surface area contributed by atoms with Crippen LogP contribution in [0, 0.1) is 17.3 Å². The minimum Gasteiger partial charge on any atom is -0.504 e. The fourth-order valence-electron chi connectivity index (χ4n) is 9.52. The molecule has 186 valence electrons. The first-order chi connectivity index (χ1) is 17.1. The zero-order chi connectivity index (χ0) is 23.8. The lowest BCUT2D eigenvalue weighted by atomic mass is 9.43. The molecule has 35 heavy (non-hydrogen) atoms. The van der Waals surface area contributed by atoms with Crippen LogP contribution >= 0.6 is 0 Å². The highest BCUT2D eigenvalue weighted by Crippen LogP contribution is 2.73. The van der Waals surface area contributed by atoms with Crippen LogP contribution in [0.4, 0.5) is 0 Å². The number of piperidine rings is 1. The number of hydrogen-bond acceptors (Lipinski definition) is 4. The highest BCUT2D eigenvalue weighted by molar-refractivity contribution is 5.59. The Bertz CT molecular complexity index is 1110. The molecule has 3 saturated carbocycles. The van der Waals surface area contributed by atoms with Crippen molar-refractivity contribution >= 4 is 0 Å². The molecule has 1 saturated heterocycles. The van der Waals surface area contributed by atoms with Crippen LogP contribution in [0.2, 0.25) is 0 Å². The fourth-order valence-corrected chi connectivity index (χ4v) is 9.52. The van der Waals surface area contributed by atoms with Crippen molar-refractivity contribution in [3.05, 3.63) is 59.2 Å². The number of phenolic OH excluding ortho intramolecular Hbond substituents is 1. The van der Waals surface area contributed by atoms with Crippen molar-refractivity contribution < 1.29 is 9.84 Å². The molecule has 0 radical (unpaired) electrons. The molecule has 4 fully saturated rings. The number of nitrogens with zero attached hydrogens (tertiary/aromatic N) is 2. The number of rotatable bonds is 6. The molecular formula is C31H40N2O2. The number of aromatic hydroxyl groups is 1. The first-order valence-electron chi connectivity index (χ1n) is 13.9. The average Bonchev–Trinajstić information content (AvgIpc) is 3.65. The summed E-state index contributed by atoms with van der Waals surface area (Å²) in [6.07, 6.45) is 10.3. The number of benzene rings is 2. The van der Waals surface area contributed by atoms with Gasteiger partial charge >= 0.3 is 0 Å². The summed E-state index contributed by atoms with van der Waals surface area (Å²) in [7, 11) is 4.04. The number of ether oxygens (including phenoxy) is 1. The predicted octanol–water partition coefficient (Wildman–Crippen LogP) is 5.37. The van der Waals surface area contributed by atoms with Gasteiger partial charge in [-0.25, -0.2) is 0 Å². The van der Waals surface area contributed by atoms with E-state index in [4.69, 9.17) is 4.74 Å². The summed E-state index contributed by atoms with van der Waals surface area (Å²) >= 11 is 0. The largest absolute Gasteiger partial charge is 0.504 e. The number of hydrogen-bond donors (Lipinski definition) is 1. The summed E-state index contributed by atoms with van der Waals surface area (Å²) in [5.74, 6) is 2.62. The molecule has 1 heterocycles. The monoisotopic (exact) mass is 472 g/mol. The topological polar surface area (TPSA) is 35.9 Å². The van der Waals surface area contributed by atoms with Crippen LogP contribution in [0.3, 0.4) is 0 Å². The molecule has 1 aliphatic heterocycles. The summed E-state index contributed by atoms with van der Waals surface area (Å²) in [5, 5.41) is 11.7. The van der Waals surface area contributed by atoms with Crippen molar-refractivity contribution in [3.8, 4) is 11.5 Å². The lowest BCUT2D eigenvalue weighted by molar-refractivity contribution is -0.108. The van der Waals surface area contributed by atoms with Gasteiger partial charge in [0.25, 0.3) is 0 Å². The van der Waals surface area contributed by atoms with E-state index in [9.17, 15) is 5.11 Å². The second kappa shape index (κ2) is 7.98.